The lowest BCUT2D eigenvalue weighted by atomic mass is 9.83. The molecule has 0 heterocycles. The zero-order valence-electron chi connectivity index (χ0n) is 26.4. The van der Waals surface area contributed by atoms with Gasteiger partial charge in [-0.25, -0.2) is 0 Å². The van der Waals surface area contributed by atoms with Gasteiger partial charge in [0.15, 0.2) is 0 Å². The van der Waals surface area contributed by atoms with Crippen LogP contribution in [0.1, 0.15) is 117 Å². The summed E-state index contributed by atoms with van der Waals surface area (Å²) in [7, 11) is 0. The van der Waals surface area contributed by atoms with Gasteiger partial charge in [-0.3, -0.25) is 4.79 Å². The number of hydrogen-bond acceptors (Lipinski definition) is 2. The van der Waals surface area contributed by atoms with E-state index in [4.69, 9.17) is 0 Å². The molecule has 3 aromatic carbocycles. The molecular weight excluding hydrogens is 591 g/mol. The Hall–Kier alpha value is -1.98. The molecule has 1 N–H and O–H groups in total. The molecule has 0 unspecified atom stereocenters. The third kappa shape index (κ3) is 11.2. The smallest absolute Gasteiger partial charge is 0.150 e. The van der Waals surface area contributed by atoms with Crippen LogP contribution >= 0.6 is 22.6 Å². The van der Waals surface area contributed by atoms with E-state index in [1.807, 2.05) is 32.0 Å². The number of aldehydes is 1. The molecule has 0 saturated carbocycles. The summed E-state index contributed by atoms with van der Waals surface area (Å²) >= 11 is 2.44. The maximum Gasteiger partial charge on any atom is 0.150 e. The van der Waals surface area contributed by atoms with Crippen molar-refractivity contribution in [2.24, 2.45) is 0 Å². The van der Waals surface area contributed by atoms with Crippen molar-refractivity contribution < 1.29 is 9.90 Å². The Kier molecular flexibility index (Phi) is 13.1. The minimum Gasteiger partial charge on any atom is -0.392 e. The van der Waals surface area contributed by atoms with Crippen LogP contribution in [0.4, 0.5) is 0 Å². The van der Waals surface area contributed by atoms with Crippen molar-refractivity contribution in [2.45, 2.75) is 110 Å². The van der Waals surface area contributed by atoms with E-state index >= 15 is 0 Å². The van der Waals surface area contributed by atoms with Gasteiger partial charge in [-0.2, -0.15) is 0 Å². The predicted octanol–water partition coefficient (Wildman–Crippen LogP) is 10.1. The number of carbonyl (C=O) groups is 1. The van der Waals surface area contributed by atoms with E-state index in [0.717, 1.165) is 33.0 Å². The average molecular weight is 643 g/mol. The zero-order chi connectivity index (χ0) is 30.2. The summed E-state index contributed by atoms with van der Waals surface area (Å²) in [5.74, 6) is 0. The molecule has 0 aliphatic heterocycles. The highest BCUT2D eigenvalue weighted by atomic mass is 127. The highest BCUT2D eigenvalue weighted by Gasteiger charge is 2.18. The Morgan fingerprint density at radius 2 is 0.974 bits per heavy atom. The van der Waals surface area contributed by atoms with Gasteiger partial charge in [-0.1, -0.05) is 150 Å². The van der Waals surface area contributed by atoms with E-state index in [0.29, 0.717) is 0 Å². The molecule has 0 aromatic heterocycles. The van der Waals surface area contributed by atoms with Crippen molar-refractivity contribution in [1.29, 1.82) is 0 Å². The Morgan fingerprint density at radius 3 is 1.33 bits per heavy atom. The van der Waals surface area contributed by atoms with E-state index in [1.165, 1.54) is 27.8 Å². The lowest BCUT2D eigenvalue weighted by Gasteiger charge is -2.22. The Labute approximate surface area is 252 Å². The number of aliphatic hydroxyl groups is 1. The molecule has 0 saturated heterocycles. The SMILES string of the molecule is Cc1ccc(C(C)(C)C)c(C=O)c1.Cc1ccc(C(C)(C)C)c(CI)c1.Cc1ccc(C(C)(C)C)c(CO)c1. The van der Waals surface area contributed by atoms with Gasteiger partial charge >= 0.3 is 0 Å². The number of aryl methyl sites for hydroxylation is 3. The van der Waals surface area contributed by atoms with Crippen LogP contribution in [0, 0.1) is 20.8 Å². The molecule has 0 aliphatic rings. The van der Waals surface area contributed by atoms with Crippen molar-refractivity contribution in [3.63, 3.8) is 0 Å². The maximum atomic E-state index is 10.8. The number of rotatable bonds is 3. The van der Waals surface area contributed by atoms with E-state index in [9.17, 15) is 9.90 Å². The van der Waals surface area contributed by atoms with E-state index in [1.54, 1.807) is 0 Å². The van der Waals surface area contributed by atoms with Crippen LogP contribution in [0.2, 0.25) is 0 Å². The summed E-state index contributed by atoms with van der Waals surface area (Å²) in [4.78, 5) is 10.8. The molecule has 2 nitrogen and oxygen atoms in total. The second kappa shape index (κ2) is 14.6. The van der Waals surface area contributed by atoms with Crippen LogP contribution < -0.4 is 0 Å². The fourth-order valence-corrected chi connectivity index (χ4v) is 5.24. The first kappa shape index (κ1) is 35.0. The number of aliphatic hydroxyl groups excluding tert-OH is 1. The Bertz CT molecular complexity index is 1150. The molecule has 39 heavy (non-hydrogen) atoms. The van der Waals surface area contributed by atoms with Gasteiger partial charge < -0.3 is 5.11 Å². The second-order valence-electron chi connectivity index (χ2n) is 13.6. The lowest BCUT2D eigenvalue weighted by molar-refractivity contribution is 0.112. The molecule has 214 valence electrons. The van der Waals surface area contributed by atoms with Gasteiger partial charge in [0, 0.05) is 9.99 Å². The Balaban J connectivity index is 0.000000292. The van der Waals surface area contributed by atoms with Crippen LogP contribution in [-0.4, -0.2) is 11.4 Å². The fraction of sp³-hybridized carbons (Fsp3) is 0.472. The van der Waals surface area contributed by atoms with Gasteiger partial charge in [0.1, 0.15) is 6.29 Å². The monoisotopic (exact) mass is 642 g/mol. The number of benzene rings is 3. The van der Waals surface area contributed by atoms with Crippen LogP contribution in [-0.2, 0) is 27.3 Å². The topological polar surface area (TPSA) is 37.3 Å². The molecule has 0 atom stereocenters. The summed E-state index contributed by atoms with van der Waals surface area (Å²) in [6.45, 7) is 26.0. The molecular formula is C36H51IO2. The predicted molar refractivity (Wildman–Crippen MR) is 179 cm³/mol. The summed E-state index contributed by atoms with van der Waals surface area (Å²) in [5.41, 5.74) is 11.3. The van der Waals surface area contributed by atoms with Gasteiger partial charge in [-0.05, 0) is 70.9 Å². The van der Waals surface area contributed by atoms with Crippen LogP contribution in [0.15, 0.2) is 54.6 Å². The summed E-state index contributed by atoms with van der Waals surface area (Å²) in [6.07, 6.45) is 0.938. The van der Waals surface area contributed by atoms with Gasteiger partial charge in [0.2, 0.25) is 0 Å². The molecule has 0 fully saturated rings. The second-order valence-corrected chi connectivity index (χ2v) is 14.3. The number of halogens is 1. The minimum absolute atomic E-state index is 0.0456. The van der Waals surface area contributed by atoms with Crippen molar-refractivity contribution in [1.82, 2.24) is 0 Å². The van der Waals surface area contributed by atoms with Crippen LogP contribution in [0.5, 0.6) is 0 Å². The maximum absolute atomic E-state index is 10.8. The number of hydrogen-bond donors (Lipinski definition) is 1. The molecule has 3 rings (SSSR count). The first-order valence-corrected chi connectivity index (χ1v) is 15.3. The molecule has 3 heteroatoms. The highest BCUT2D eigenvalue weighted by molar-refractivity contribution is 14.1. The van der Waals surface area contributed by atoms with Crippen LogP contribution in [0.3, 0.4) is 0 Å². The first-order valence-electron chi connectivity index (χ1n) is 13.8. The standard InChI is InChI=1S/C12H17I.C12H18O.C12H16O/c3*1-9-5-6-11(12(2,3)4)10(7-9)8-13/h5-7H,8H2,1-4H3;5-7,13H,8H2,1-4H3;5-8H,1-4H3. The van der Waals surface area contributed by atoms with Gasteiger partial charge in [0.05, 0.1) is 6.61 Å². The minimum atomic E-state index is 0.0456. The average Bonchev–Trinajstić information content (AvgIpc) is 2.82. The van der Waals surface area contributed by atoms with Crippen molar-refractivity contribution >= 4 is 28.9 Å². The lowest BCUT2D eigenvalue weighted by Crippen LogP contribution is -2.14. The summed E-state index contributed by atoms with van der Waals surface area (Å²) < 4.78 is 1.10. The molecule has 0 spiro atoms. The van der Waals surface area contributed by atoms with Gasteiger partial charge in [0.25, 0.3) is 0 Å². The summed E-state index contributed by atoms with van der Waals surface area (Å²) in [5, 5.41) is 9.21. The molecule has 3 aromatic rings. The molecule has 0 aliphatic carbocycles. The third-order valence-electron chi connectivity index (χ3n) is 6.59. The molecule has 0 bridgehead atoms. The Morgan fingerprint density at radius 1 is 0.615 bits per heavy atom. The molecule has 0 radical (unpaired) electrons. The highest BCUT2D eigenvalue weighted by Crippen LogP contribution is 2.29. The zero-order valence-corrected chi connectivity index (χ0v) is 28.6. The summed E-state index contributed by atoms with van der Waals surface area (Å²) in [6, 6.07) is 19.1. The van der Waals surface area contributed by atoms with E-state index < -0.39 is 0 Å². The van der Waals surface area contributed by atoms with Gasteiger partial charge in [-0.15, -0.1) is 0 Å². The number of alkyl halides is 1. The first-order chi connectivity index (χ1) is 17.8. The van der Waals surface area contributed by atoms with Crippen molar-refractivity contribution in [3.05, 3.63) is 105 Å². The normalized spacial score (nSPS) is 11.6. The quantitative estimate of drug-likeness (QED) is 0.175. The third-order valence-corrected chi connectivity index (χ3v) is 7.42. The largest absolute Gasteiger partial charge is 0.392 e. The number of carbonyl (C=O) groups excluding carboxylic acids is 1. The molecule has 0 amide bonds. The van der Waals surface area contributed by atoms with Crippen molar-refractivity contribution in [2.75, 3.05) is 0 Å². The van der Waals surface area contributed by atoms with E-state index in [2.05, 4.69) is 128 Å². The fourth-order valence-electron chi connectivity index (χ4n) is 4.61. The van der Waals surface area contributed by atoms with E-state index in [-0.39, 0.29) is 22.9 Å². The van der Waals surface area contributed by atoms with Crippen molar-refractivity contribution in [3.8, 4) is 0 Å². The van der Waals surface area contributed by atoms with Crippen LogP contribution in [0.25, 0.3) is 0 Å².